The summed E-state index contributed by atoms with van der Waals surface area (Å²) in [5.41, 5.74) is 1.21. The Labute approximate surface area is 131 Å². The van der Waals surface area contributed by atoms with Crippen molar-refractivity contribution in [3.63, 3.8) is 0 Å². The van der Waals surface area contributed by atoms with E-state index >= 15 is 0 Å². The number of rotatable bonds is 2. The van der Waals surface area contributed by atoms with Crippen molar-refractivity contribution in [3.8, 4) is 0 Å². The molecule has 22 heavy (non-hydrogen) atoms. The molecular weight excluding hydrogens is 280 g/mol. The van der Waals surface area contributed by atoms with Gasteiger partial charge in [0.25, 0.3) is 5.91 Å². The molecule has 2 fully saturated rings. The first-order valence-corrected chi connectivity index (χ1v) is 8.21. The number of aliphatic hydroxyl groups is 1. The molecule has 0 radical (unpaired) electrons. The van der Waals surface area contributed by atoms with E-state index in [2.05, 4.69) is 4.98 Å². The molecule has 3 heterocycles. The maximum atomic E-state index is 12.6. The standard InChI is InChI=1S/C17H24N2O3/c1-2-14-12-13(5-8-18-14)16(21)19-9-6-17(7-10-19)15(20)4-3-11-22-17/h5,8,12,15,20H,2-4,6-7,9-11H2,1H3/t15-/m1/s1. The molecule has 1 N–H and O–H groups in total. The highest BCUT2D eigenvalue weighted by atomic mass is 16.5. The van der Waals surface area contributed by atoms with E-state index in [4.69, 9.17) is 4.74 Å². The summed E-state index contributed by atoms with van der Waals surface area (Å²) in [5, 5.41) is 10.3. The minimum absolute atomic E-state index is 0.0530. The molecule has 2 aliphatic heterocycles. The van der Waals surface area contributed by atoms with E-state index < -0.39 is 11.7 Å². The topological polar surface area (TPSA) is 62.7 Å². The van der Waals surface area contributed by atoms with Crippen LogP contribution in [-0.2, 0) is 11.2 Å². The van der Waals surface area contributed by atoms with Crippen LogP contribution in [0.4, 0.5) is 0 Å². The highest BCUT2D eigenvalue weighted by molar-refractivity contribution is 5.94. The Bertz CT molecular complexity index is 538. The largest absolute Gasteiger partial charge is 0.390 e. The van der Waals surface area contributed by atoms with Crippen molar-refractivity contribution in [2.75, 3.05) is 19.7 Å². The number of piperidine rings is 1. The third-order valence-corrected chi connectivity index (χ3v) is 4.94. The van der Waals surface area contributed by atoms with E-state index in [0.717, 1.165) is 31.6 Å². The summed E-state index contributed by atoms with van der Waals surface area (Å²) < 4.78 is 5.89. The second kappa shape index (κ2) is 6.34. The predicted molar refractivity (Wildman–Crippen MR) is 82.7 cm³/mol. The van der Waals surface area contributed by atoms with Crippen LogP contribution in [0, 0.1) is 0 Å². The second-order valence-electron chi connectivity index (χ2n) is 6.25. The van der Waals surface area contributed by atoms with E-state index in [-0.39, 0.29) is 5.91 Å². The summed E-state index contributed by atoms with van der Waals surface area (Å²) in [7, 11) is 0. The Morgan fingerprint density at radius 1 is 1.50 bits per heavy atom. The zero-order valence-electron chi connectivity index (χ0n) is 13.1. The highest BCUT2D eigenvalue weighted by Crippen LogP contribution is 2.35. The maximum absolute atomic E-state index is 12.6. The minimum atomic E-state index is -0.429. The van der Waals surface area contributed by atoms with Gasteiger partial charge in [0.2, 0.25) is 0 Å². The Hall–Kier alpha value is -1.46. The van der Waals surface area contributed by atoms with Gasteiger partial charge in [0, 0.05) is 37.2 Å². The van der Waals surface area contributed by atoms with E-state index in [9.17, 15) is 9.90 Å². The summed E-state index contributed by atoms with van der Waals surface area (Å²) in [5.74, 6) is 0.0530. The third kappa shape index (κ3) is 2.88. The molecule has 5 heteroatoms. The monoisotopic (exact) mass is 304 g/mol. The van der Waals surface area contributed by atoms with Crippen molar-refractivity contribution >= 4 is 5.91 Å². The number of nitrogens with zero attached hydrogens (tertiary/aromatic N) is 2. The molecule has 5 nitrogen and oxygen atoms in total. The van der Waals surface area contributed by atoms with Crippen molar-refractivity contribution in [1.29, 1.82) is 0 Å². The van der Waals surface area contributed by atoms with Gasteiger partial charge in [0.15, 0.2) is 0 Å². The van der Waals surface area contributed by atoms with Crippen molar-refractivity contribution in [1.82, 2.24) is 9.88 Å². The van der Waals surface area contributed by atoms with Gasteiger partial charge in [0.05, 0.1) is 11.7 Å². The van der Waals surface area contributed by atoms with Crippen molar-refractivity contribution in [3.05, 3.63) is 29.6 Å². The quantitative estimate of drug-likeness (QED) is 0.905. The first-order valence-electron chi connectivity index (χ1n) is 8.21. The second-order valence-corrected chi connectivity index (χ2v) is 6.25. The summed E-state index contributed by atoms with van der Waals surface area (Å²) in [6.45, 7) is 4.03. The first-order chi connectivity index (χ1) is 10.6. The van der Waals surface area contributed by atoms with Crippen LogP contribution in [0.2, 0.25) is 0 Å². The van der Waals surface area contributed by atoms with Gasteiger partial charge in [-0.15, -0.1) is 0 Å². The molecule has 0 unspecified atom stereocenters. The molecule has 120 valence electrons. The lowest BCUT2D eigenvalue weighted by Gasteiger charge is -2.46. The Balaban J connectivity index is 1.66. The van der Waals surface area contributed by atoms with Crippen LogP contribution in [-0.4, -0.2) is 52.3 Å². The summed E-state index contributed by atoms with van der Waals surface area (Å²) in [4.78, 5) is 18.7. The van der Waals surface area contributed by atoms with Crippen LogP contribution in [0.5, 0.6) is 0 Å². The number of hydrogen-bond acceptors (Lipinski definition) is 4. The molecule has 0 aromatic carbocycles. The first kappa shape index (κ1) is 15.4. The van der Waals surface area contributed by atoms with Gasteiger partial charge in [-0.3, -0.25) is 9.78 Å². The number of carbonyl (C=O) groups is 1. The Morgan fingerprint density at radius 3 is 2.95 bits per heavy atom. The van der Waals surface area contributed by atoms with Gasteiger partial charge in [-0.1, -0.05) is 6.92 Å². The number of ether oxygens (including phenoxy) is 1. The van der Waals surface area contributed by atoms with E-state index in [0.29, 0.717) is 31.5 Å². The Kier molecular flexibility index (Phi) is 4.45. The molecule has 2 aliphatic rings. The number of likely N-dealkylation sites (tertiary alicyclic amines) is 1. The summed E-state index contributed by atoms with van der Waals surface area (Å²) in [6.07, 6.45) is 5.28. The van der Waals surface area contributed by atoms with Crippen LogP contribution in [0.3, 0.4) is 0 Å². The molecule has 1 atom stereocenters. The van der Waals surface area contributed by atoms with E-state index in [1.165, 1.54) is 0 Å². The Morgan fingerprint density at radius 2 is 2.27 bits per heavy atom. The van der Waals surface area contributed by atoms with E-state index in [1.807, 2.05) is 17.9 Å². The molecule has 0 saturated carbocycles. The third-order valence-electron chi connectivity index (χ3n) is 4.94. The minimum Gasteiger partial charge on any atom is -0.390 e. The summed E-state index contributed by atoms with van der Waals surface area (Å²) in [6, 6.07) is 3.65. The van der Waals surface area contributed by atoms with Gasteiger partial charge in [0.1, 0.15) is 0 Å². The molecule has 3 rings (SSSR count). The van der Waals surface area contributed by atoms with Crippen molar-refractivity contribution in [2.45, 2.75) is 50.7 Å². The molecule has 2 saturated heterocycles. The van der Waals surface area contributed by atoms with Crippen LogP contribution >= 0.6 is 0 Å². The molecular formula is C17H24N2O3. The predicted octanol–water partition coefficient (Wildman–Crippen LogP) is 1.79. The molecule has 0 aliphatic carbocycles. The van der Waals surface area contributed by atoms with Crippen LogP contribution < -0.4 is 0 Å². The van der Waals surface area contributed by atoms with Gasteiger partial charge < -0.3 is 14.7 Å². The van der Waals surface area contributed by atoms with Crippen molar-refractivity contribution < 1.29 is 14.6 Å². The molecule has 1 aromatic rings. The van der Waals surface area contributed by atoms with Gasteiger partial charge in [-0.05, 0) is 44.2 Å². The smallest absolute Gasteiger partial charge is 0.253 e. The number of amides is 1. The van der Waals surface area contributed by atoms with Crippen molar-refractivity contribution in [2.24, 2.45) is 0 Å². The van der Waals surface area contributed by atoms with Crippen LogP contribution in [0.25, 0.3) is 0 Å². The molecule has 1 spiro atoms. The fourth-order valence-corrected chi connectivity index (χ4v) is 3.46. The number of aromatic nitrogens is 1. The van der Waals surface area contributed by atoms with Gasteiger partial charge in [-0.25, -0.2) is 0 Å². The van der Waals surface area contributed by atoms with Gasteiger partial charge >= 0.3 is 0 Å². The highest BCUT2D eigenvalue weighted by Gasteiger charge is 2.44. The number of pyridine rings is 1. The lowest BCUT2D eigenvalue weighted by molar-refractivity contribution is -0.174. The normalized spacial score (nSPS) is 24.5. The number of aryl methyl sites for hydroxylation is 1. The summed E-state index contributed by atoms with van der Waals surface area (Å²) >= 11 is 0. The van der Waals surface area contributed by atoms with Gasteiger partial charge in [-0.2, -0.15) is 0 Å². The molecule has 1 amide bonds. The fourth-order valence-electron chi connectivity index (χ4n) is 3.46. The zero-order valence-corrected chi connectivity index (χ0v) is 13.1. The fraction of sp³-hybridized carbons (Fsp3) is 0.647. The number of aliphatic hydroxyl groups excluding tert-OH is 1. The maximum Gasteiger partial charge on any atom is 0.253 e. The number of carbonyl (C=O) groups excluding carboxylic acids is 1. The molecule has 0 bridgehead atoms. The lowest BCUT2D eigenvalue weighted by Crippen LogP contribution is -2.56. The van der Waals surface area contributed by atoms with E-state index in [1.54, 1.807) is 12.3 Å². The average molecular weight is 304 g/mol. The SMILES string of the molecule is CCc1cc(C(=O)N2CCC3(CC2)OCCC[C@H]3O)ccn1. The molecule has 1 aromatic heterocycles. The lowest BCUT2D eigenvalue weighted by atomic mass is 9.82. The van der Waals surface area contributed by atoms with Crippen LogP contribution in [0.1, 0.15) is 48.7 Å². The average Bonchev–Trinajstić information content (AvgIpc) is 2.58. The number of hydrogen-bond donors (Lipinski definition) is 1. The zero-order chi connectivity index (χ0) is 15.6. The van der Waals surface area contributed by atoms with Crippen LogP contribution in [0.15, 0.2) is 18.3 Å².